The zero-order valence-electron chi connectivity index (χ0n) is 9.40. The second kappa shape index (κ2) is 5.05. The minimum atomic E-state index is -0.185. The Balaban J connectivity index is 2.19. The summed E-state index contributed by atoms with van der Waals surface area (Å²) in [6.45, 7) is 3.86. The number of carbonyl (C=O) groups excluding carboxylic acids is 1. The number of oxazole rings is 1. The number of nitrogens with zero attached hydrogens (tertiary/aromatic N) is 1. The van der Waals surface area contributed by atoms with Crippen molar-refractivity contribution in [2.75, 3.05) is 6.26 Å². The van der Waals surface area contributed by atoms with E-state index in [1.165, 1.54) is 17.8 Å². The summed E-state index contributed by atoms with van der Waals surface area (Å²) >= 11 is 1.46. The third-order valence-corrected chi connectivity index (χ3v) is 2.78. The van der Waals surface area contributed by atoms with Gasteiger partial charge in [-0.25, -0.2) is 4.98 Å². The lowest BCUT2D eigenvalue weighted by Crippen LogP contribution is -2.19. The van der Waals surface area contributed by atoms with Crippen LogP contribution in [0.1, 0.15) is 5.56 Å². The first-order chi connectivity index (χ1) is 8.22. The number of aromatic nitrogens is 1. The van der Waals surface area contributed by atoms with Crippen molar-refractivity contribution in [3.8, 4) is 0 Å². The van der Waals surface area contributed by atoms with E-state index in [0.29, 0.717) is 11.8 Å². The Bertz CT molecular complexity index is 563. The van der Waals surface area contributed by atoms with Gasteiger partial charge in [-0.15, -0.1) is 0 Å². The Morgan fingerprint density at radius 2 is 2.47 bits per heavy atom. The topological polar surface area (TPSA) is 55.1 Å². The third-order valence-electron chi connectivity index (χ3n) is 2.26. The molecule has 1 amide bonds. The van der Waals surface area contributed by atoms with Gasteiger partial charge in [0.05, 0.1) is 0 Å². The van der Waals surface area contributed by atoms with E-state index in [4.69, 9.17) is 4.42 Å². The van der Waals surface area contributed by atoms with Gasteiger partial charge in [-0.2, -0.15) is 0 Å². The van der Waals surface area contributed by atoms with E-state index in [-0.39, 0.29) is 5.91 Å². The average molecular weight is 248 g/mol. The molecule has 1 aromatic carbocycles. The molecule has 0 saturated carbocycles. The summed E-state index contributed by atoms with van der Waals surface area (Å²) in [5, 5.41) is 3.36. The predicted molar refractivity (Wildman–Crippen MR) is 67.8 cm³/mol. The van der Waals surface area contributed by atoms with Crippen molar-refractivity contribution in [2.45, 2.75) is 11.8 Å². The Hall–Kier alpha value is -1.75. The van der Waals surface area contributed by atoms with Gasteiger partial charge >= 0.3 is 0 Å². The predicted octanol–water partition coefficient (Wildman–Crippen LogP) is 2.35. The van der Waals surface area contributed by atoms with Gasteiger partial charge in [-0.1, -0.05) is 24.4 Å². The molecule has 0 fully saturated rings. The molecule has 0 atom stereocenters. The molecule has 2 rings (SSSR count). The smallest absolute Gasteiger partial charge is 0.256 e. The fraction of sp³-hybridized carbons (Fsp3) is 0.167. The number of benzene rings is 1. The SMILES string of the molecule is C=CC(=O)NCc1ccc2oc(SC)nc2c1. The number of thioether (sulfide) groups is 1. The summed E-state index contributed by atoms with van der Waals surface area (Å²) in [6, 6.07) is 5.67. The normalized spacial score (nSPS) is 10.4. The number of hydrogen-bond donors (Lipinski definition) is 1. The Morgan fingerprint density at radius 3 is 3.18 bits per heavy atom. The molecular formula is C12H12N2O2S. The Kier molecular flexibility index (Phi) is 3.49. The molecule has 17 heavy (non-hydrogen) atoms. The van der Waals surface area contributed by atoms with Crippen LogP contribution in [0.25, 0.3) is 11.1 Å². The largest absolute Gasteiger partial charge is 0.431 e. The fourth-order valence-corrected chi connectivity index (χ4v) is 1.77. The van der Waals surface area contributed by atoms with Crippen molar-refractivity contribution < 1.29 is 9.21 Å². The fourth-order valence-electron chi connectivity index (χ4n) is 1.41. The lowest BCUT2D eigenvalue weighted by atomic mass is 10.2. The maximum absolute atomic E-state index is 11.0. The summed E-state index contributed by atoms with van der Waals surface area (Å²) in [7, 11) is 0. The van der Waals surface area contributed by atoms with Crippen LogP contribution in [0.5, 0.6) is 0 Å². The molecule has 0 bridgehead atoms. The molecule has 0 unspecified atom stereocenters. The van der Waals surface area contributed by atoms with Gasteiger partial charge in [0, 0.05) is 6.54 Å². The minimum Gasteiger partial charge on any atom is -0.431 e. The molecule has 5 heteroatoms. The lowest BCUT2D eigenvalue weighted by Gasteiger charge is -2.01. The van der Waals surface area contributed by atoms with Crippen LogP contribution in [0.15, 0.2) is 40.5 Å². The zero-order chi connectivity index (χ0) is 12.3. The standard InChI is InChI=1S/C12H12N2O2S/c1-3-11(15)13-7-8-4-5-10-9(6-8)14-12(16-10)17-2/h3-6H,1,7H2,2H3,(H,13,15). The van der Waals surface area contributed by atoms with E-state index >= 15 is 0 Å². The van der Waals surface area contributed by atoms with Gasteiger partial charge in [-0.05, 0) is 30.0 Å². The molecule has 0 saturated heterocycles. The highest BCUT2D eigenvalue weighted by Gasteiger charge is 2.05. The lowest BCUT2D eigenvalue weighted by molar-refractivity contribution is -0.116. The maximum atomic E-state index is 11.0. The van der Waals surface area contributed by atoms with E-state index in [9.17, 15) is 4.79 Å². The molecule has 88 valence electrons. The minimum absolute atomic E-state index is 0.185. The number of fused-ring (bicyclic) bond motifs is 1. The van der Waals surface area contributed by atoms with Crippen LogP contribution in [0, 0.1) is 0 Å². The third kappa shape index (κ3) is 2.68. The van der Waals surface area contributed by atoms with Crippen molar-refractivity contribution in [2.24, 2.45) is 0 Å². The van der Waals surface area contributed by atoms with E-state index in [0.717, 1.165) is 16.7 Å². The number of amides is 1. The summed E-state index contributed by atoms with van der Waals surface area (Å²) in [5.41, 5.74) is 2.54. The molecule has 2 aromatic rings. The van der Waals surface area contributed by atoms with Crippen LogP contribution in [0.3, 0.4) is 0 Å². The molecule has 4 nitrogen and oxygen atoms in total. The molecule has 0 spiro atoms. The van der Waals surface area contributed by atoms with Crippen LogP contribution in [-0.4, -0.2) is 17.1 Å². The van der Waals surface area contributed by atoms with Gasteiger partial charge in [0.25, 0.3) is 5.22 Å². The highest BCUT2D eigenvalue weighted by Crippen LogP contribution is 2.22. The zero-order valence-corrected chi connectivity index (χ0v) is 10.2. The number of nitrogens with one attached hydrogen (secondary N) is 1. The Labute approximate surface area is 103 Å². The summed E-state index contributed by atoms with van der Waals surface area (Å²) in [4.78, 5) is 15.3. The first-order valence-electron chi connectivity index (χ1n) is 5.06. The summed E-state index contributed by atoms with van der Waals surface area (Å²) < 4.78 is 5.47. The van der Waals surface area contributed by atoms with Crippen molar-refractivity contribution in [1.29, 1.82) is 0 Å². The van der Waals surface area contributed by atoms with Crippen LogP contribution in [-0.2, 0) is 11.3 Å². The van der Waals surface area contributed by atoms with E-state index in [1.54, 1.807) is 0 Å². The first kappa shape index (κ1) is 11.7. The van der Waals surface area contributed by atoms with Crippen LogP contribution >= 0.6 is 11.8 Å². The average Bonchev–Trinajstić information content (AvgIpc) is 2.77. The Morgan fingerprint density at radius 1 is 1.65 bits per heavy atom. The van der Waals surface area contributed by atoms with E-state index < -0.39 is 0 Å². The van der Waals surface area contributed by atoms with Gasteiger partial charge in [0.15, 0.2) is 5.58 Å². The van der Waals surface area contributed by atoms with Gasteiger partial charge in [0.1, 0.15) is 5.52 Å². The van der Waals surface area contributed by atoms with Crippen molar-refractivity contribution in [3.63, 3.8) is 0 Å². The highest BCUT2D eigenvalue weighted by atomic mass is 32.2. The maximum Gasteiger partial charge on any atom is 0.256 e. The van der Waals surface area contributed by atoms with Crippen molar-refractivity contribution >= 4 is 28.8 Å². The highest BCUT2D eigenvalue weighted by molar-refractivity contribution is 7.98. The quantitative estimate of drug-likeness (QED) is 0.666. The molecular weight excluding hydrogens is 236 g/mol. The first-order valence-corrected chi connectivity index (χ1v) is 6.29. The van der Waals surface area contributed by atoms with Gasteiger partial charge < -0.3 is 9.73 Å². The number of rotatable bonds is 4. The summed E-state index contributed by atoms with van der Waals surface area (Å²) in [5.74, 6) is -0.185. The monoisotopic (exact) mass is 248 g/mol. The molecule has 1 heterocycles. The molecule has 1 aromatic heterocycles. The van der Waals surface area contributed by atoms with Crippen molar-refractivity contribution in [3.05, 3.63) is 36.4 Å². The molecule has 0 aliphatic carbocycles. The number of hydrogen-bond acceptors (Lipinski definition) is 4. The summed E-state index contributed by atoms with van der Waals surface area (Å²) in [6.07, 6.45) is 3.16. The second-order valence-corrected chi connectivity index (χ2v) is 4.17. The molecule has 0 radical (unpaired) electrons. The van der Waals surface area contributed by atoms with E-state index in [2.05, 4.69) is 16.9 Å². The molecule has 0 aliphatic rings. The molecule has 1 N–H and O–H groups in total. The second-order valence-electron chi connectivity index (χ2n) is 3.41. The van der Waals surface area contributed by atoms with Gasteiger partial charge in [0.2, 0.25) is 5.91 Å². The molecule has 0 aliphatic heterocycles. The van der Waals surface area contributed by atoms with Crippen molar-refractivity contribution in [1.82, 2.24) is 10.3 Å². The van der Waals surface area contributed by atoms with Crippen LogP contribution in [0.4, 0.5) is 0 Å². The van der Waals surface area contributed by atoms with E-state index in [1.807, 2.05) is 24.5 Å². The van der Waals surface area contributed by atoms with Crippen LogP contribution in [0.2, 0.25) is 0 Å². The number of carbonyl (C=O) groups is 1. The van der Waals surface area contributed by atoms with Crippen LogP contribution < -0.4 is 5.32 Å². The van der Waals surface area contributed by atoms with Gasteiger partial charge in [-0.3, -0.25) is 4.79 Å².